The third kappa shape index (κ3) is 2.59. The van der Waals surface area contributed by atoms with Crippen molar-refractivity contribution in [3.8, 4) is 0 Å². The lowest BCUT2D eigenvalue weighted by atomic mass is 9.96. The average molecular weight is 275 g/mol. The van der Waals surface area contributed by atoms with E-state index in [1.807, 2.05) is 6.92 Å². The van der Waals surface area contributed by atoms with Gasteiger partial charge in [0.15, 0.2) is 0 Å². The number of hydrogen-bond acceptors (Lipinski definition) is 6. The van der Waals surface area contributed by atoms with Gasteiger partial charge in [0.1, 0.15) is 11.6 Å². The summed E-state index contributed by atoms with van der Waals surface area (Å²) in [5.41, 5.74) is 6.08. The van der Waals surface area contributed by atoms with Gasteiger partial charge in [-0.05, 0) is 32.6 Å². The van der Waals surface area contributed by atoms with Crippen molar-refractivity contribution < 1.29 is 0 Å². The number of anilines is 1. The summed E-state index contributed by atoms with van der Waals surface area (Å²) in [6, 6.07) is 0. The Kier molecular flexibility index (Phi) is 3.44. The number of aryl methyl sites for hydroxylation is 2. The molecule has 1 aliphatic rings. The molecule has 0 aliphatic heterocycles. The van der Waals surface area contributed by atoms with Crippen LogP contribution in [-0.2, 0) is 19.3 Å². The Labute approximate surface area is 116 Å². The van der Waals surface area contributed by atoms with E-state index in [0.717, 1.165) is 40.9 Å². The normalized spacial score (nSPS) is 14.2. The molecule has 3 N–H and O–H groups in total. The van der Waals surface area contributed by atoms with Gasteiger partial charge < -0.3 is 5.43 Å². The van der Waals surface area contributed by atoms with E-state index in [4.69, 9.17) is 5.84 Å². The predicted octanol–water partition coefficient (Wildman–Crippen LogP) is 2.00. The fourth-order valence-electron chi connectivity index (χ4n) is 2.50. The van der Waals surface area contributed by atoms with E-state index in [-0.39, 0.29) is 0 Å². The van der Waals surface area contributed by atoms with E-state index < -0.39 is 0 Å². The SMILES string of the molecule is Cc1nc(Cc2nc3c(c(NN)n2)CCCC3)cs1. The molecular weight excluding hydrogens is 258 g/mol. The average Bonchev–Trinajstić information content (AvgIpc) is 2.83. The molecule has 5 nitrogen and oxygen atoms in total. The molecular formula is C13H17N5S. The van der Waals surface area contributed by atoms with Crippen molar-refractivity contribution in [3.63, 3.8) is 0 Å². The van der Waals surface area contributed by atoms with Gasteiger partial charge in [-0.1, -0.05) is 0 Å². The number of thiazole rings is 1. The van der Waals surface area contributed by atoms with E-state index >= 15 is 0 Å². The second kappa shape index (κ2) is 5.22. The van der Waals surface area contributed by atoms with Crippen molar-refractivity contribution in [2.24, 2.45) is 5.84 Å². The van der Waals surface area contributed by atoms with Crippen LogP contribution in [0.15, 0.2) is 5.38 Å². The molecule has 0 saturated heterocycles. The lowest BCUT2D eigenvalue weighted by Gasteiger charge is -2.18. The van der Waals surface area contributed by atoms with Gasteiger partial charge in [-0.15, -0.1) is 11.3 Å². The summed E-state index contributed by atoms with van der Waals surface area (Å²) in [6.07, 6.45) is 5.10. The predicted molar refractivity (Wildman–Crippen MR) is 76.1 cm³/mol. The van der Waals surface area contributed by atoms with Crippen LogP contribution in [0.5, 0.6) is 0 Å². The van der Waals surface area contributed by atoms with Gasteiger partial charge in [-0.3, -0.25) is 0 Å². The summed E-state index contributed by atoms with van der Waals surface area (Å²) in [5.74, 6) is 7.17. The summed E-state index contributed by atoms with van der Waals surface area (Å²) in [6.45, 7) is 2.01. The Balaban J connectivity index is 1.93. The van der Waals surface area contributed by atoms with Gasteiger partial charge in [0, 0.05) is 16.6 Å². The maximum absolute atomic E-state index is 5.59. The Morgan fingerprint density at radius 1 is 1.26 bits per heavy atom. The van der Waals surface area contributed by atoms with Crippen molar-refractivity contribution >= 4 is 17.2 Å². The summed E-state index contributed by atoms with van der Waals surface area (Å²) in [5, 5.41) is 3.14. The van der Waals surface area contributed by atoms with Gasteiger partial charge in [0.2, 0.25) is 0 Å². The van der Waals surface area contributed by atoms with Gasteiger partial charge in [-0.25, -0.2) is 20.8 Å². The van der Waals surface area contributed by atoms with Crippen molar-refractivity contribution in [1.29, 1.82) is 0 Å². The van der Waals surface area contributed by atoms with E-state index in [1.54, 1.807) is 11.3 Å². The number of fused-ring (bicyclic) bond motifs is 1. The zero-order valence-corrected chi connectivity index (χ0v) is 11.8. The first-order valence-electron chi connectivity index (χ1n) is 6.52. The van der Waals surface area contributed by atoms with E-state index in [9.17, 15) is 0 Å². The van der Waals surface area contributed by atoms with Crippen LogP contribution in [0.4, 0.5) is 5.82 Å². The number of hydrogen-bond donors (Lipinski definition) is 2. The van der Waals surface area contributed by atoms with Crippen molar-refractivity contribution in [2.45, 2.75) is 39.0 Å². The maximum Gasteiger partial charge on any atom is 0.147 e. The third-order valence-corrected chi connectivity index (χ3v) is 4.19. The fraction of sp³-hybridized carbons (Fsp3) is 0.462. The molecule has 0 bridgehead atoms. The number of nitrogens with two attached hydrogens (primary N) is 1. The number of nitrogen functional groups attached to an aromatic ring is 1. The molecule has 1 aliphatic carbocycles. The molecule has 0 atom stereocenters. The minimum atomic E-state index is 0.673. The Bertz CT molecular complexity index is 575. The second-order valence-electron chi connectivity index (χ2n) is 4.80. The van der Waals surface area contributed by atoms with Crippen molar-refractivity contribution in [1.82, 2.24) is 15.0 Å². The van der Waals surface area contributed by atoms with E-state index in [0.29, 0.717) is 6.42 Å². The summed E-state index contributed by atoms with van der Waals surface area (Å²) in [7, 11) is 0. The van der Waals surface area contributed by atoms with Crippen LogP contribution in [0.2, 0.25) is 0 Å². The Morgan fingerprint density at radius 2 is 2.11 bits per heavy atom. The summed E-state index contributed by atoms with van der Waals surface area (Å²) >= 11 is 1.66. The van der Waals surface area contributed by atoms with E-state index in [1.165, 1.54) is 18.4 Å². The number of nitrogens with zero attached hydrogens (tertiary/aromatic N) is 3. The number of nitrogens with one attached hydrogen (secondary N) is 1. The standard InChI is InChI=1S/C13H17N5S/c1-8-15-9(7-19-8)6-12-16-11-5-3-2-4-10(11)13(17-12)18-14/h7H,2-6,14H2,1H3,(H,16,17,18). The number of hydrazine groups is 1. The Morgan fingerprint density at radius 3 is 2.84 bits per heavy atom. The highest BCUT2D eigenvalue weighted by molar-refractivity contribution is 7.09. The van der Waals surface area contributed by atoms with Crippen LogP contribution < -0.4 is 11.3 Å². The fourth-order valence-corrected chi connectivity index (χ4v) is 3.11. The topological polar surface area (TPSA) is 76.7 Å². The first-order valence-corrected chi connectivity index (χ1v) is 7.40. The number of aromatic nitrogens is 3. The molecule has 19 heavy (non-hydrogen) atoms. The zero-order chi connectivity index (χ0) is 13.2. The highest BCUT2D eigenvalue weighted by atomic mass is 32.1. The maximum atomic E-state index is 5.59. The zero-order valence-electron chi connectivity index (χ0n) is 10.9. The number of rotatable bonds is 3. The molecule has 3 rings (SSSR count). The lowest BCUT2D eigenvalue weighted by Crippen LogP contribution is -2.18. The quantitative estimate of drug-likeness (QED) is 0.662. The van der Waals surface area contributed by atoms with Crippen LogP contribution in [0.3, 0.4) is 0 Å². The van der Waals surface area contributed by atoms with Crippen LogP contribution in [0.25, 0.3) is 0 Å². The van der Waals surface area contributed by atoms with Gasteiger partial charge in [0.05, 0.1) is 17.1 Å². The molecule has 100 valence electrons. The minimum Gasteiger partial charge on any atom is -0.308 e. The second-order valence-corrected chi connectivity index (χ2v) is 5.86. The molecule has 2 aromatic heterocycles. The van der Waals surface area contributed by atoms with Gasteiger partial charge in [-0.2, -0.15) is 0 Å². The highest BCUT2D eigenvalue weighted by Crippen LogP contribution is 2.25. The van der Waals surface area contributed by atoms with Gasteiger partial charge in [0.25, 0.3) is 0 Å². The van der Waals surface area contributed by atoms with E-state index in [2.05, 4.69) is 25.8 Å². The van der Waals surface area contributed by atoms with Gasteiger partial charge >= 0.3 is 0 Å². The monoisotopic (exact) mass is 275 g/mol. The molecule has 2 aromatic rings. The first kappa shape index (κ1) is 12.5. The molecule has 2 heterocycles. The third-order valence-electron chi connectivity index (χ3n) is 3.37. The lowest BCUT2D eigenvalue weighted by molar-refractivity contribution is 0.657. The summed E-state index contributed by atoms with van der Waals surface area (Å²) in [4.78, 5) is 13.7. The molecule has 0 saturated carbocycles. The highest BCUT2D eigenvalue weighted by Gasteiger charge is 2.17. The summed E-state index contributed by atoms with van der Waals surface area (Å²) < 4.78 is 0. The van der Waals surface area contributed by atoms with Crippen molar-refractivity contribution in [2.75, 3.05) is 5.43 Å². The first-order chi connectivity index (χ1) is 9.26. The molecule has 0 fully saturated rings. The van der Waals surface area contributed by atoms with Crippen LogP contribution in [0, 0.1) is 6.92 Å². The van der Waals surface area contributed by atoms with Crippen LogP contribution >= 0.6 is 11.3 Å². The minimum absolute atomic E-state index is 0.673. The molecule has 0 spiro atoms. The molecule has 0 aromatic carbocycles. The molecule has 6 heteroatoms. The molecule has 0 radical (unpaired) electrons. The smallest absolute Gasteiger partial charge is 0.147 e. The van der Waals surface area contributed by atoms with Crippen LogP contribution in [-0.4, -0.2) is 15.0 Å². The largest absolute Gasteiger partial charge is 0.308 e. The van der Waals surface area contributed by atoms with Crippen molar-refractivity contribution in [3.05, 3.63) is 33.2 Å². The Hall–Kier alpha value is -1.53. The van der Waals surface area contributed by atoms with Crippen LogP contribution in [0.1, 0.15) is 40.6 Å². The molecule has 0 amide bonds. The molecule has 0 unspecified atom stereocenters.